The van der Waals surface area contributed by atoms with E-state index < -0.39 is 0 Å². The normalized spacial score (nSPS) is 25.4. The van der Waals surface area contributed by atoms with Gasteiger partial charge >= 0.3 is 6.03 Å². The van der Waals surface area contributed by atoms with Crippen LogP contribution in [0.4, 0.5) is 10.6 Å². The molecule has 2 aliphatic carbocycles. The van der Waals surface area contributed by atoms with Gasteiger partial charge in [0.05, 0.1) is 5.69 Å². The van der Waals surface area contributed by atoms with Gasteiger partial charge in [-0.2, -0.15) is 5.10 Å². The van der Waals surface area contributed by atoms with Crippen LogP contribution in [0.5, 0.6) is 0 Å². The van der Waals surface area contributed by atoms with Gasteiger partial charge in [0.2, 0.25) is 0 Å². The van der Waals surface area contributed by atoms with Crippen LogP contribution in [-0.4, -0.2) is 22.3 Å². The molecule has 114 valence electrons. The molecule has 0 saturated heterocycles. The molecule has 2 atom stereocenters. The number of hydrogen-bond acceptors (Lipinski definition) is 3. The number of nitrogens with zero attached hydrogens (tertiary/aromatic N) is 2. The molecule has 2 fully saturated rings. The Hall–Kier alpha value is -1.65. The molecule has 1 heterocycles. The Morgan fingerprint density at radius 1 is 1.14 bits per heavy atom. The van der Waals surface area contributed by atoms with Crippen LogP contribution >= 0.6 is 0 Å². The van der Waals surface area contributed by atoms with E-state index >= 15 is 0 Å². The number of hydrogen-bond donors (Lipinski definition) is 2. The third kappa shape index (κ3) is 3.71. The van der Waals surface area contributed by atoms with Crippen molar-refractivity contribution < 1.29 is 4.79 Å². The SMILES string of the molecule is Cc1cc(NC(=O)N[C@@H]2CCC[C@H](C3CC3)C2)nnc1C. The van der Waals surface area contributed by atoms with Gasteiger partial charge in [0, 0.05) is 6.04 Å². The minimum atomic E-state index is -0.158. The zero-order valence-corrected chi connectivity index (χ0v) is 12.9. The highest BCUT2D eigenvalue weighted by Crippen LogP contribution is 2.43. The van der Waals surface area contributed by atoms with Crippen molar-refractivity contribution in [1.29, 1.82) is 0 Å². The molecular formula is C16H24N4O. The third-order valence-corrected chi connectivity index (χ3v) is 4.81. The smallest absolute Gasteiger partial charge is 0.320 e. The Morgan fingerprint density at radius 3 is 2.67 bits per heavy atom. The predicted molar refractivity (Wildman–Crippen MR) is 82.1 cm³/mol. The summed E-state index contributed by atoms with van der Waals surface area (Å²) in [4.78, 5) is 12.1. The molecule has 0 radical (unpaired) electrons. The lowest BCUT2D eigenvalue weighted by molar-refractivity contribution is 0.230. The molecule has 2 saturated carbocycles. The lowest BCUT2D eigenvalue weighted by Gasteiger charge is -2.29. The van der Waals surface area contributed by atoms with Crippen molar-refractivity contribution in [3.8, 4) is 0 Å². The molecule has 3 rings (SSSR count). The number of rotatable bonds is 3. The summed E-state index contributed by atoms with van der Waals surface area (Å²) < 4.78 is 0. The number of urea groups is 1. The number of anilines is 1. The van der Waals surface area contributed by atoms with Crippen molar-refractivity contribution in [3.05, 3.63) is 17.3 Å². The molecule has 2 N–H and O–H groups in total. The molecular weight excluding hydrogens is 264 g/mol. The average molecular weight is 288 g/mol. The van der Waals surface area contributed by atoms with Crippen molar-refractivity contribution in [3.63, 3.8) is 0 Å². The molecule has 1 aromatic heterocycles. The maximum Gasteiger partial charge on any atom is 0.320 e. The van der Waals surface area contributed by atoms with E-state index in [-0.39, 0.29) is 6.03 Å². The third-order valence-electron chi connectivity index (χ3n) is 4.81. The van der Waals surface area contributed by atoms with E-state index in [1.54, 1.807) is 0 Å². The Bertz CT molecular complexity index is 527. The Labute approximate surface area is 125 Å². The van der Waals surface area contributed by atoms with E-state index in [9.17, 15) is 4.79 Å². The highest BCUT2D eigenvalue weighted by atomic mass is 16.2. The second-order valence-electron chi connectivity index (χ2n) is 6.56. The van der Waals surface area contributed by atoms with Gasteiger partial charge in [-0.25, -0.2) is 4.79 Å². The van der Waals surface area contributed by atoms with Gasteiger partial charge in [0.15, 0.2) is 5.82 Å². The molecule has 5 heteroatoms. The quantitative estimate of drug-likeness (QED) is 0.897. The molecule has 2 aliphatic rings. The summed E-state index contributed by atoms with van der Waals surface area (Å²) in [6.07, 6.45) is 7.58. The van der Waals surface area contributed by atoms with Gasteiger partial charge < -0.3 is 5.32 Å². The van der Waals surface area contributed by atoms with Gasteiger partial charge in [0.1, 0.15) is 0 Å². The minimum absolute atomic E-state index is 0.158. The maximum atomic E-state index is 12.1. The minimum Gasteiger partial charge on any atom is -0.335 e. The Balaban J connectivity index is 1.52. The fraction of sp³-hybridized carbons (Fsp3) is 0.688. The Morgan fingerprint density at radius 2 is 1.95 bits per heavy atom. The molecule has 0 bridgehead atoms. The first-order valence-corrected chi connectivity index (χ1v) is 8.00. The number of carbonyl (C=O) groups is 1. The summed E-state index contributed by atoms with van der Waals surface area (Å²) in [5, 5.41) is 13.9. The van der Waals surface area contributed by atoms with Crippen LogP contribution in [0.2, 0.25) is 0 Å². The van der Waals surface area contributed by atoms with Crippen LogP contribution in [0.15, 0.2) is 6.07 Å². The molecule has 5 nitrogen and oxygen atoms in total. The van der Waals surface area contributed by atoms with Crippen molar-refractivity contribution in [2.75, 3.05) is 5.32 Å². The zero-order valence-electron chi connectivity index (χ0n) is 12.9. The van der Waals surface area contributed by atoms with E-state index in [0.717, 1.165) is 35.9 Å². The first kappa shape index (κ1) is 14.3. The lowest BCUT2D eigenvalue weighted by atomic mass is 9.83. The van der Waals surface area contributed by atoms with E-state index in [1.165, 1.54) is 25.7 Å². The zero-order chi connectivity index (χ0) is 14.8. The van der Waals surface area contributed by atoms with Crippen LogP contribution in [0.3, 0.4) is 0 Å². The van der Waals surface area contributed by atoms with E-state index in [4.69, 9.17) is 0 Å². The van der Waals surface area contributed by atoms with Crippen LogP contribution in [0.25, 0.3) is 0 Å². The number of carbonyl (C=O) groups excluding carboxylic acids is 1. The van der Waals surface area contributed by atoms with Gasteiger partial charge in [-0.15, -0.1) is 5.10 Å². The molecule has 0 unspecified atom stereocenters. The number of aryl methyl sites for hydroxylation is 2. The summed E-state index contributed by atoms with van der Waals surface area (Å²) in [6, 6.07) is 2.01. The van der Waals surface area contributed by atoms with Crippen LogP contribution < -0.4 is 10.6 Å². The van der Waals surface area contributed by atoms with E-state index in [0.29, 0.717) is 11.9 Å². The molecule has 0 spiro atoms. The topological polar surface area (TPSA) is 66.9 Å². The summed E-state index contributed by atoms with van der Waals surface area (Å²) in [6.45, 7) is 3.88. The number of nitrogens with one attached hydrogen (secondary N) is 2. The lowest BCUT2D eigenvalue weighted by Crippen LogP contribution is -2.41. The van der Waals surface area contributed by atoms with Crippen LogP contribution in [0, 0.1) is 25.7 Å². The van der Waals surface area contributed by atoms with Crippen LogP contribution in [0.1, 0.15) is 49.8 Å². The van der Waals surface area contributed by atoms with E-state index in [2.05, 4.69) is 20.8 Å². The van der Waals surface area contributed by atoms with Crippen LogP contribution in [-0.2, 0) is 0 Å². The fourth-order valence-electron chi connectivity index (χ4n) is 3.30. The van der Waals surface area contributed by atoms with E-state index in [1.807, 2.05) is 19.9 Å². The maximum absolute atomic E-state index is 12.1. The Kier molecular flexibility index (Phi) is 4.08. The molecule has 2 amide bonds. The van der Waals surface area contributed by atoms with Crippen molar-refractivity contribution in [2.24, 2.45) is 11.8 Å². The van der Waals surface area contributed by atoms with Gasteiger partial charge in [-0.1, -0.05) is 12.8 Å². The van der Waals surface area contributed by atoms with Gasteiger partial charge in [0.25, 0.3) is 0 Å². The highest BCUT2D eigenvalue weighted by Gasteiger charge is 2.35. The van der Waals surface area contributed by atoms with Gasteiger partial charge in [-0.3, -0.25) is 5.32 Å². The molecule has 0 aromatic carbocycles. The molecule has 21 heavy (non-hydrogen) atoms. The van der Waals surface area contributed by atoms with Crippen molar-refractivity contribution in [2.45, 2.75) is 58.4 Å². The summed E-state index contributed by atoms with van der Waals surface area (Å²) in [5.41, 5.74) is 1.92. The fourth-order valence-corrected chi connectivity index (χ4v) is 3.30. The molecule has 0 aliphatic heterocycles. The number of amides is 2. The summed E-state index contributed by atoms with van der Waals surface area (Å²) >= 11 is 0. The van der Waals surface area contributed by atoms with Crippen molar-refractivity contribution in [1.82, 2.24) is 15.5 Å². The first-order valence-electron chi connectivity index (χ1n) is 8.00. The summed E-state index contributed by atoms with van der Waals surface area (Å²) in [5.74, 6) is 2.28. The number of aromatic nitrogens is 2. The van der Waals surface area contributed by atoms with Gasteiger partial charge in [-0.05, 0) is 63.0 Å². The second kappa shape index (κ2) is 6.00. The standard InChI is InChI=1S/C16H24N4O/c1-10-8-15(20-19-11(10)2)18-16(21)17-14-5-3-4-13(9-14)12-6-7-12/h8,12-14H,3-7,9H2,1-2H3,(H2,17,18,20,21)/t13-,14+/m0/s1. The first-order chi connectivity index (χ1) is 10.1. The van der Waals surface area contributed by atoms with Crippen molar-refractivity contribution >= 4 is 11.8 Å². The highest BCUT2D eigenvalue weighted by molar-refractivity contribution is 5.88. The predicted octanol–water partition coefficient (Wildman–Crippen LogP) is 3.18. The molecule has 1 aromatic rings. The largest absolute Gasteiger partial charge is 0.335 e. The monoisotopic (exact) mass is 288 g/mol. The second-order valence-corrected chi connectivity index (χ2v) is 6.56. The average Bonchev–Trinajstić information content (AvgIpc) is 3.28. The summed E-state index contributed by atoms with van der Waals surface area (Å²) in [7, 11) is 0.